The highest BCUT2D eigenvalue weighted by Gasteiger charge is 2.28. The average molecular weight is 451 g/mol. The summed E-state index contributed by atoms with van der Waals surface area (Å²) in [5, 5.41) is 0. The molecule has 0 saturated heterocycles. The van der Waals surface area contributed by atoms with E-state index in [4.69, 9.17) is 4.74 Å². The van der Waals surface area contributed by atoms with E-state index in [0.717, 1.165) is 62.1 Å². The summed E-state index contributed by atoms with van der Waals surface area (Å²) < 4.78 is 53.3. The normalized spacial score (nSPS) is 14.9. The third-order valence-corrected chi connectivity index (χ3v) is 6.62. The smallest absolute Gasteiger partial charge is 0.341 e. The van der Waals surface area contributed by atoms with Crippen LogP contribution in [0.4, 0.5) is 14.5 Å². The summed E-state index contributed by atoms with van der Waals surface area (Å²) >= 11 is 0. The quantitative estimate of drug-likeness (QED) is 0.590. The lowest BCUT2D eigenvalue weighted by atomic mass is 9.93. The van der Waals surface area contributed by atoms with Crippen LogP contribution in [0.5, 0.6) is 0 Å². The lowest BCUT2D eigenvalue weighted by Gasteiger charge is -2.34. The Balaban J connectivity index is 1.68. The van der Waals surface area contributed by atoms with E-state index in [0.29, 0.717) is 0 Å². The summed E-state index contributed by atoms with van der Waals surface area (Å²) in [5.74, 6) is -4.75. The molecule has 1 fully saturated rings. The van der Waals surface area contributed by atoms with Crippen molar-refractivity contribution in [3.63, 3.8) is 0 Å². The van der Waals surface area contributed by atoms with Crippen molar-refractivity contribution >= 4 is 27.4 Å². The van der Waals surface area contributed by atoms with Crippen molar-refractivity contribution in [3.05, 3.63) is 60.2 Å². The third-order valence-electron chi connectivity index (χ3n) is 5.22. The van der Waals surface area contributed by atoms with Gasteiger partial charge in [0.05, 0.1) is 10.5 Å². The Kier molecular flexibility index (Phi) is 7.37. The molecule has 0 bridgehead atoms. The monoisotopic (exact) mass is 451 g/mol. The van der Waals surface area contributed by atoms with Gasteiger partial charge in [-0.05, 0) is 49.2 Å². The van der Waals surface area contributed by atoms with Crippen molar-refractivity contribution in [2.24, 2.45) is 0 Å². The Labute approximate surface area is 179 Å². The number of nitrogens with zero attached hydrogens (tertiary/aromatic N) is 1. The molecule has 1 aliphatic rings. The first kappa shape index (κ1) is 22.9. The molecule has 2 aromatic rings. The fraction of sp³-hybridized carbons (Fsp3) is 0.364. The van der Waals surface area contributed by atoms with Gasteiger partial charge in [-0.1, -0.05) is 37.5 Å². The number of esters is 1. The molecule has 0 aliphatic heterocycles. The van der Waals surface area contributed by atoms with Crippen molar-refractivity contribution in [1.82, 2.24) is 0 Å². The molecule has 2 aromatic carbocycles. The van der Waals surface area contributed by atoms with Gasteiger partial charge < -0.3 is 9.64 Å². The van der Waals surface area contributed by atoms with E-state index in [2.05, 4.69) is 0 Å². The summed E-state index contributed by atoms with van der Waals surface area (Å²) in [6.45, 7) is -0.485. The van der Waals surface area contributed by atoms with E-state index < -0.39 is 33.1 Å². The van der Waals surface area contributed by atoms with Crippen LogP contribution in [-0.2, 0) is 19.4 Å². The van der Waals surface area contributed by atoms with Crippen LogP contribution in [0.15, 0.2) is 59.5 Å². The summed E-state index contributed by atoms with van der Waals surface area (Å²) in [5.41, 5.74) is 0.696. The minimum atomic E-state index is -4.75. The van der Waals surface area contributed by atoms with E-state index in [9.17, 15) is 26.8 Å². The van der Waals surface area contributed by atoms with Gasteiger partial charge in [-0.3, -0.25) is 4.79 Å². The zero-order chi connectivity index (χ0) is 22.4. The second kappa shape index (κ2) is 10.00. The van der Waals surface area contributed by atoms with Crippen LogP contribution < -0.4 is 4.90 Å². The summed E-state index contributed by atoms with van der Waals surface area (Å²) in [6.07, 6.45) is 4.91. The number of hydrogen-bond donors (Lipinski definition) is 0. The second-order valence-corrected chi connectivity index (χ2v) is 9.22. The van der Waals surface area contributed by atoms with Gasteiger partial charge in [0.2, 0.25) is 9.84 Å². The molecular weight excluding hydrogens is 428 g/mol. The number of alkyl halides is 2. The first-order valence-corrected chi connectivity index (χ1v) is 11.5. The molecule has 0 atom stereocenters. The molecule has 0 radical (unpaired) electrons. The van der Waals surface area contributed by atoms with Crippen molar-refractivity contribution in [3.8, 4) is 0 Å². The van der Waals surface area contributed by atoms with Gasteiger partial charge >= 0.3 is 11.7 Å². The lowest BCUT2D eigenvalue weighted by Crippen LogP contribution is -2.43. The zero-order valence-electron chi connectivity index (χ0n) is 16.7. The largest absolute Gasteiger partial charge is 0.452 e. The van der Waals surface area contributed by atoms with E-state index in [-0.39, 0.29) is 17.5 Å². The van der Waals surface area contributed by atoms with Crippen molar-refractivity contribution in [2.75, 3.05) is 11.5 Å². The van der Waals surface area contributed by atoms with Crippen molar-refractivity contribution < 1.29 is 31.5 Å². The van der Waals surface area contributed by atoms with Gasteiger partial charge in [0.15, 0.2) is 6.61 Å². The van der Waals surface area contributed by atoms with Crippen molar-refractivity contribution in [1.29, 1.82) is 0 Å². The maximum Gasteiger partial charge on any atom is 0.341 e. The molecule has 1 amide bonds. The molecule has 0 unspecified atom stereocenters. The maximum atomic E-state index is 12.9. The SMILES string of the molecule is O=C(OCC(=O)N(c1ccccc1)C1CCCCC1)c1ccc(S(=O)(=O)C(F)F)cc1. The zero-order valence-corrected chi connectivity index (χ0v) is 17.6. The number of hydrogen-bond acceptors (Lipinski definition) is 5. The van der Waals surface area contributed by atoms with Gasteiger partial charge in [-0.25, -0.2) is 13.2 Å². The molecule has 1 aliphatic carbocycles. The van der Waals surface area contributed by atoms with Crippen LogP contribution >= 0.6 is 0 Å². The summed E-state index contributed by atoms with van der Waals surface area (Å²) in [7, 11) is -4.75. The number of carbonyl (C=O) groups excluding carboxylic acids is 2. The molecule has 6 nitrogen and oxygen atoms in total. The topological polar surface area (TPSA) is 80.8 Å². The predicted octanol–water partition coefficient (Wildman–Crippen LogP) is 4.21. The van der Waals surface area contributed by atoms with Crippen LogP contribution in [0.3, 0.4) is 0 Å². The predicted molar refractivity (Wildman–Crippen MR) is 111 cm³/mol. The molecule has 31 heavy (non-hydrogen) atoms. The maximum absolute atomic E-state index is 12.9. The Bertz CT molecular complexity index is 1000. The number of halogens is 2. The molecule has 9 heteroatoms. The minimum Gasteiger partial charge on any atom is -0.452 e. The van der Waals surface area contributed by atoms with E-state index in [1.54, 1.807) is 4.90 Å². The Morgan fingerprint density at radius 3 is 2.16 bits per heavy atom. The average Bonchev–Trinajstić information content (AvgIpc) is 2.79. The number of sulfone groups is 1. The van der Waals surface area contributed by atoms with Crippen LogP contribution in [0.2, 0.25) is 0 Å². The second-order valence-electron chi connectivity index (χ2n) is 7.30. The number of amides is 1. The fourth-order valence-corrected chi connectivity index (χ4v) is 4.37. The first-order chi connectivity index (χ1) is 14.8. The summed E-state index contributed by atoms with van der Waals surface area (Å²) in [4.78, 5) is 26.3. The molecule has 166 valence electrons. The van der Waals surface area contributed by atoms with Gasteiger partial charge in [0.1, 0.15) is 0 Å². The van der Waals surface area contributed by atoms with Crippen LogP contribution in [0.1, 0.15) is 42.5 Å². The Morgan fingerprint density at radius 2 is 1.58 bits per heavy atom. The molecule has 0 N–H and O–H groups in total. The number of rotatable bonds is 7. The van der Waals surface area contributed by atoms with E-state index in [1.165, 1.54) is 0 Å². The van der Waals surface area contributed by atoms with E-state index >= 15 is 0 Å². The van der Waals surface area contributed by atoms with Gasteiger partial charge in [-0.15, -0.1) is 0 Å². The minimum absolute atomic E-state index is 0.0289. The van der Waals surface area contributed by atoms with Crippen LogP contribution in [-0.4, -0.2) is 38.7 Å². The molecule has 0 aromatic heterocycles. The Hall–Kier alpha value is -2.81. The number of anilines is 1. The van der Waals surface area contributed by atoms with Crippen molar-refractivity contribution in [2.45, 2.75) is 48.8 Å². The molecular formula is C22H23F2NO5S. The third kappa shape index (κ3) is 5.46. The molecule has 0 spiro atoms. The van der Waals surface area contributed by atoms with Gasteiger partial charge in [0, 0.05) is 11.7 Å². The molecule has 0 heterocycles. The molecule has 3 rings (SSSR count). The van der Waals surface area contributed by atoms with Gasteiger partial charge in [-0.2, -0.15) is 8.78 Å². The molecule has 1 saturated carbocycles. The first-order valence-electron chi connectivity index (χ1n) is 9.97. The van der Waals surface area contributed by atoms with Crippen LogP contribution in [0.25, 0.3) is 0 Å². The Morgan fingerprint density at radius 1 is 0.968 bits per heavy atom. The summed E-state index contributed by atoms with van der Waals surface area (Å²) in [6, 6.07) is 13.2. The highest BCUT2D eigenvalue weighted by Crippen LogP contribution is 2.27. The lowest BCUT2D eigenvalue weighted by molar-refractivity contribution is -0.122. The number of benzene rings is 2. The van der Waals surface area contributed by atoms with Gasteiger partial charge in [0.25, 0.3) is 5.91 Å². The number of para-hydroxylation sites is 1. The fourth-order valence-electron chi connectivity index (χ4n) is 3.65. The highest BCUT2D eigenvalue weighted by molar-refractivity contribution is 7.91. The number of ether oxygens (including phenoxy) is 1. The highest BCUT2D eigenvalue weighted by atomic mass is 32.2. The standard InChI is InChI=1S/C22H23F2NO5S/c23-22(24)31(28,29)19-13-11-16(12-14-19)21(27)30-15-20(26)25(17-7-3-1-4-8-17)18-9-5-2-6-10-18/h1,3-4,7-8,11-14,18,22H,2,5-6,9-10,15H2. The number of carbonyl (C=O) groups is 2. The van der Waals surface area contributed by atoms with E-state index in [1.807, 2.05) is 30.3 Å². The van der Waals surface area contributed by atoms with Crippen LogP contribution in [0, 0.1) is 0 Å².